The van der Waals surface area contributed by atoms with Gasteiger partial charge in [0.2, 0.25) is 0 Å². The van der Waals surface area contributed by atoms with E-state index < -0.39 is 0 Å². The van der Waals surface area contributed by atoms with Crippen molar-refractivity contribution in [2.24, 2.45) is 0 Å². The van der Waals surface area contributed by atoms with E-state index in [1.54, 1.807) is 6.92 Å². The van der Waals surface area contributed by atoms with Gasteiger partial charge in [-0.1, -0.05) is 30.3 Å². The third-order valence-corrected chi connectivity index (χ3v) is 1.18. The Kier molecular flexibility index (Phi) is 5.49. The van der Waals surface area contributed by atoms with Crippen molar-refractivity contribution in [3.05, 3.63) is 35.9 Å². The number of hydrogen-bond acceptors (Lipinski definition) is 1. The third kappa shape index (κ3) is 3.08. The number of carbonyl (C=O) groups is 1. The molecule has 1 aromatic rings. The van der Waals surface area contributed by atoms with Gasteiger partial charge in [-0.15, -0.1) is 0 Å². The zero-order valence-corrected chi connectivity index (χ0v) is 9.42. The number of ketones is 1. The number of carbonyl (C=O) groups excluding carboxylic acids is 1. The van der Waals surface area contributed by atoms with Gasteiger partial charge in [-0.2, -0.15) is 0 Å². The van der Waals surface area contributed by atoms with E-state index in [9.17, 15) is 4.79 Å². The van der Waals surface area contributed by atoms with Gasteiger partial charge >= 0.3 is 51.4 Å². The van der Waals surface area contributed by atoms with Crippen molar-refractivity contribution in [1.82, 2.24) is 0 Å². The Morgan fingerprint density at radius 2 is 1.80 bits per heavy atom. The Labute approximate surface area is 105 Å². The molecule has 0 unspecified atom stereocenters. The maximum atomic E-state index is 10.6. The first-order valence-electron chi connectivity index (χ1n) is 2.86. The Morgan fingerprint density at radius 3 is 2.10 bits per heavy atom. The summed E-state index contributed by atoms with van der Waals surface area (Å²) in [7, 11) is 0. The minimum Gasteiger partial charge on any atom is -1.00 e. The van der Waals surface area contributed by atoms with Gasteiger partial charge in [0.1, 0.15) is 0 Å². The predicted molar refractivity (Wildman–Crippen MR) is 37.6 cm³/mol. The number of Topliss-reactive ketones (excluding diaryl/α,β-unsaturated/α-hetero) is 1. The fourth-order valence-electron chi connectivity index (χ4n) is 0.673. The molecule has 0 bridgehead atoms. The molecule has 0 atom stereocenters. The van der Waals surface area contributed by atoms with Crippen molar-refractivity contribution < 1.29 is 57.6 Å². The second-order valence-electron chi connectivity index (χ2n) is 1.92. The SMILES string of the molecule is CC(=O)c1ccccc1.[H-].[K+]. The molecule has 10 heavy (non-hydrogen) atoms. The molecule has 0 aliphatic rings. The van der Waals surface area contributed by atoms with Gasteiger partial charge in [-0.3, -0.25) is 4.79 Å². The second kappa shape index (κ2) is 5.21. The summed E-state index contributed by atoms with van der Waals surface area (Å²) in [5, 5.41) is 0. The quantitative estimate of drug-likeness (QED) is 0.381. The molecule has 48 valence electrons. The molecule has 0 radical (unpaired) electrons. The maximum absolute atomic E-state index is 10.6. The third-order valence-electron chi connectivity index (χ3n) is 1.18. The van der Waals surface area contributed by atoms with Crippen LogP contribution in [0.3, 0.4) is 0 Å². The van der Waals surface area contributed by atoms with Crippen LogP contribution in [-0.2, 0) is 0 Å². The topological polar surface area (TPSA) is 17.1 Å². The van der Waals surface area contributed by atoms with E-state index in [0.29, 0.717) is 0 Å². The summed E-state index contributed by atoms with van der Waals surface area (Å²) >= 11 is 0. The summed E-state index contributed by atoms with van der Waals surface area (Å²) in [6.07, 6.45) is 0. The summed E-state index contributed by atoms with van der Waals surface area (Å²) in [6.45, 7) is 1.56. The van der Waals surface area contributed by atoms with Gasteiger partial charge in [0.25, 0.3) is 0 Å². The molecule has 1 aromatic carbocycles. The van der Waals surface area contributed by atoms with Crippen molar-refractivity contribution >= 4 is 5.78 Å². The summed E-state index contributed by atoms with van der Waals surface area (Å²) in [4.78, 5) is 10.6. The van der Waals surface area contributed by atoms with Crippen molar-refractivity contribution in [2.75, 3.05) is 0 Å². The van der Waals surface area contributed by atoms with E-state index in [2.05, 4.69) is 0 Å². The Balaban J connectivity index is 0. The van der Waals surface area contributed by atoms with E-state index in [-0.39, 0.29) is 58.6 Å². The fraction of sp³-hybridized carbons (Fsp3) is 0.125. The molecule has 0 saturated carbocycles. The number of hydrogen-bond donors (Lipinski definition) is 0. The zero-order valence-electron chi connectivity index (χ0n) is 7.29. The first-order valence-corrected chi connectivity index (χ1v) is 2.86. The molecular weight excluding hydrogens is 151 g/mol. The normalized spacial score (nSPS) is 8.10. The van der Waals surface area contributed by atoms with Crippen molar-refractivity contribution in [2.45, 2.75) is 6.92 Å². The Hall–Kier alpha value is 0.526. The van der Waals surface area contributed by atoms with E-state index in [4.69, 9.17) is 0 Å². The largest absolute Gasteiger partial charge is 1.00 e. The van der Waals surface area contributed by atoms with Gasteiger partial charge in [-0.05, 0) is 6.92 Å². The molecule has 0 aliphatic heterocycles. The fourth-order valence-corrected chi connectivity index (χ4v) is 0.673. The van der Waals surface area contributed by atoms with E-state index in [0.717, 1.165) is 5.56 Å². The molecule has 0 saturated heterocycles. The second-order valence-corrected chi connectivity index (χ2v) is 1.92. The van der Waals surface area contributed by atoms with Crippen LogP contribution >= 0.6 is 0 Å². The van der Waals surface area contributed by atoms with Crippen molar-refractivity contribution in [1.29, 1.82) is 0 Å². The Bertz CT molecular complexity index is 211. The standard InChI is InChI=1S/C8H8O.K.H/c1-7(9)8-5-3-2-4-6-8;;/h2-6H,1H3;;/q;+1;-1. The van der Waals surface area contributed by atoms with Crippen LogP contribution in [0.15, 0.2) is 30.3 Å². The maximum Gasteiger partial charge on any atom is 1.00 e. The first-order chi connectivity index (χ1) is 4.30. The Morgan fingerprint density at radius 1 is 1.30 bits per heavy atom. The molecule has 2 heteroatoms. The van der Waals surface area contributed by atoms with Gasteiger partial charge in [-0.25, -0.2) is 0 Å². The summed E-state index contributed by atoms with van der Waals surface area (Å²) in [6, 6.07) is 9.23. The van der Waals surface area contributed by atoms with Crippen LogP contribution in [0.5, 0.6) is 0 Å². The van der Waals surface area contributed by atoms with Crippen LogP contribution in [0.2, 0.25) is 0 Å². The van der Waals surface area contributed by atoms with Crippen LogP contribution < -0.4 is 51.4 Å². The predicted octanol–water partition coefficient (Wildman–Crippen LogP) is -0.994. The van der Waals surface area contributed by atoms with Gasteiger partial charge < -0.3 is 1.43 Å². The molecular formula is C8H9KO. The number of benzene rings is 1. The van der Waals surface area contributed by atoms with Crippen molar-refractivity contribution in [3.63, 3.8) is 0 Å². The molecule has 1 rings (SSSR count). The van der Waals surface area contributed by atoms with Gasteiger partial charge in [0.05, 0.1) is 0 Å². The monoisotopic (exact) mass is 160 g/mol. The number of rotatable bonds is 1. The van der Waals surface area contributed by atoms with Gasteiger partial charge in [0.15, 0.2) is 5.78 Å². The zero-order chi connectivity index (χ0) is 6.69. The summed E-state index contributed by atoms with van der Waals surface area (Å²) in [5.74, 6) is 0.121. The molecule has 0 fully saturated rings. The van der Waals surface area contributed by atoms with Crippen molar-refractivity contribution in [3.8, 4) is 0 Å². The van der Waals surface area contributed by atoms with Gasteiger partial charge in [0, 0.05) is 5.56 Å². The average Bonchev–Trinajstić information content (AvgIpc) is 1.90. The van der Waals surface area contributed by atoms with Crippen LogP contribution in [0.1, 0.15) is 18.7 Å². The molecule has 0 amide bonds. The van der Waals surface area contributed by atoms with E-state index in [1.165, 1.54) is 0 Å². The summed E-state index contributed by atoms with van der Waals surface area (Å²) < 4.78 is 0. The molecule has 0 N–H and O–H groups in total. The van der Waals surface area contributed by atoms with E-state index in [1.807, 2.05) is 30.3 Å². The van der Waals surface area contributed by atoms with Crippen LogP contribution in [0.25, 0.3) is 0 Å². The van der Waals surface area contributed by atoms with Crippen LogP contribution in [0, 0.1) is 0 Å². The molecule has 1 nitrogen and oxygen atoms in total. The minimum atomic E-state index is 0. The molecule has 0 heterocycles. The molecule has 0 aromatic heterocycles. The minimum absolute atomic E-state index is 0. The van der Waals surface area contributed by atoms with E-state index >= 15 is 0 Å². The molecule has 0 spiro atoms. The average molecular weight is 160 g/mol. The van der Waals surface area contributed by atoms with Crippen LogP contribution in [-0.4, -0.2) is 5.78 Å². The smallest absolute Gasteiger partial charge is 1.00 e. The van der Waals surface area contributed by atoms with Crippen LogP contribution in [0.4, 0.5) is 0 Å². The first kappa shape index (κ1) is 10.5. The summed E-state index contributed by atoms with van der Waals surface area (Å²) in [5.41, 5.74) is 0.775. The molecule has 0 aliphatic carbocycles.